The molecule has 0 bridgehead atoms. The third-order valence-corrected chi connectivity index (χ3v) is 7.02. The van der Waals surface area contributed by atoms with Gasteiger partial charge in [0, 0.05) is 18.2 Å². The molecule has 8 nitrogen and oxygen atoms in total. The lowest BCUT2D eigenvalue weighted by atomic mass is 9.84. The largest absolute Gasteiger partial charge is 0.480 e. The van der Waals surface area contributed by atoms with Crippen molar-refractivity contribution in [1.29, 1.82) is 0 Å². The van der Waals surface area contributed by atoms with Crippen LogP contribution in [0.2, 0.25) is 10.0 Å². The van der Waals surface area contributed by atoms with Crippen molar-refractivity contribution in [3.63, 3.8) is 0 Å². The van der Waals surface area contributed by atoms with Crippen LogP contribution in [0, 0.1) is 0 Å². The average molecular weight is 567 g/mol. The van der Waals surface area contributed by atoms with Gasteiger partial charge >= 0.3 is 11.9 Å². The molecule has 10 heteroatoms. The highest BCUT2D eigenvalue weighted by Gasteiger charge is 2.23. The molecule has 4 N–H and O–H groups in total. The van der Waals surface area contributed by atoms with Crippen LogP contribution in [0.4, 0.5) is 5.69 Å². The lowest BCUT2D eigenvalue weighted by molar-refractivity contribution is -0.141. The van der Waals surface area contributed by atoms with Crippen molar-refractivity contribution < 1.29 is 29.4 Å². The van der Waals surface area contributed by atoms with Gasteiger partial charge in [0.15, 0.2) is 0 Å². The van der Waals surface area contributed by atoms with Crippen molar-refractivity contribution in [3.05, 3.63) is 105 Å². The molecule has 0 aromatic heterocycles. The topological polar surface area (TPSA) is 133 Å². The first-order valence-electron chi connectivity index (χ1n) is 12.1. The minimum Gasteiger partial charge on any atom is -0.480 e. The van der Waals surface area contributed by atoms with Crippen molar-refractivity contribution in [2.75, 3.05) is 5.32 Å². The molecule has 4 rings (SSSR count). The number of hydrogen-bond donors (Lipinski definition) is 4. The van der Waals surface area contributed by atoms with Crippen molar-refractivity contribution >= 4 is 58.2 Å². The fraction of sp³-hybridized carbons (Fsp3) is 0.172. The van der Waals surface area contributed by atoms with Gasteiger partial charge in [-0.25, -0.2) is 9.59 Å². The van der Waals surface area contributed by atoms with Gasteiger partial charge < -0.3 is 20.8 Å². The number of aromatic carboxylic acids is 1. The number of carboxylic acid groups (broad SMARTS) is 2. The summed E-state index contributed by atoms with van der Waals surface area (Å²) in [6.45, 7) is 0. The van der Waals surface area contributed by atoms with E-state index in [0.717, 1.165) is 0 Å². The predicted octanol–water partition coefficient (Wildman–Crippen LogP) is 5.48. The standard InChI is InChI=1S/C29H24Cl2N2O6/c30-22-8-3-9-23(31)26(22)27(35)32-18-12-10-16(11-13-18)14-24(29(38)39)33-25(34)15-17-4-1-6-20-19(17)5-2-7-21(20)28(36)37/h2-3,5,7-13,15,24H,1,4,6,14H2,(H,32,35)(H,33,34)(H,36,37)(H,38,39)/t24-/m0/s1. The average Bonchev–Trinajstić information content (AvgIpc) is 2.89. The maximum atomic E-state index is 12.8. The van der Waals surface area contributed by atoms with E-state index in [2.05, 4.69) is 10.6 Å². The molecule has 0 saturated heterocycles. The normalized spacial score (nSPS) is 14.3. The Morgan fingerprint density at radius 3 is 2.21 bits per heavy atom. The summed E-state index contributed by atoms with van der Waals surface area (Å²) in [6.07, 6.45) is 3.21. The molecule has 200 valence electrons. The third kappa shape index (κ3) is 6.66. The first-order valence-corrected chi connectivity index (χ1v) is 12.8. The van der Waals surface area contributed by atoms with E-state index >= 15 is 0 Å². The van der Waals surface area contributed by atoms with Crippen molar-refractivity contribution in [2.24, 2.45) is 0 Å². The highest BCUT2D eigenvalue weighted by molar-refractivity contribution is 6.40. The molecule has 1 aliphatic carbocycles. The molecular weight excluding hydrogens is 543 g/mol. The third-order valence-electron chi connectivity index (χ3n) is 6.39. The Morgan fingerprint density at radius 1 is 0.897 bits per heavy atom. The van der Waals surface area contributed by atoms with E-state index in [9.17, 15) is 29.4 Å². The van der Waals surface area contributed by atoms with E-state index in [1.54, 1.807) is 54.6 Å². The Labute approximate surface area is 234 Å². The number of nitrogens with one attached hydrogen (secondary N) is 2. The van der Waals surface area contributed by atoms with Crippen molar-refractivity contribution in [2.45, 2.75) is 31.7 Å². The van der Waals surface area contributed by atoms with Crippen LogP contribution < -0.4 is 10.6 Å². The predicted molar refractivity (Wildman–Crippen MR) is 148 cm³/mol. The number of amides is 2. The first kappa shape index (κ1) is 27.9. The zero-order valence-corrected chi connectivity index (χ0v) is 22.1. The summed E-state index contributed by atoms with van der Waals surface area (Å²) < 4.78 is 0. The minimum absolute atomic E-state index is 0.00850. The molecule has 3 aromatic rings. The molecular formula is C29H24Cl2N2O6. The van der Waals surface area contributed by atoms with E-state index in [0.29, 0.717) is 47.2 Å². The van der Waals surface area contributed by atoms with Crippen molar-refractivity contribution in [3.8, 4) is 0 Å². The Balaban J connectivity index is 1.44. The molecule has 39 heavy (non-hydrogen) atoms. The Kier molecular flexibility index (Phi) is 8.69. The zero-order valence-electron chi connectivity index (χ0n) is 20.5. The van der Waals surface area contributed by atoms with Gasteiger partial charge in [0.25, 0.3) is 5.91 Å². The zero-order chi connectivity index (χ0) is 28.1. The number of aliphatic carboxylic acids is 1. The molecule has 0 radical (unpaired) electrons. The molecule has 0 unspecified atom stereocenters. The molecule has 0 saturated carbocycles. The maximum Gasteiger partial charge on any atom is 0.335 e. The summed E-state index contributed by atoms with van der Waals surface area (Å²) in [4.78, 5) is 48.8. The van der Waals surface area contributed by atoms with Crippen LogP contribution in [0.1, 0.15) is 50.2 Å². The van der Waals surface area contributed by atoms with Crippen LogP contribution in [0.25, 0.3) is 5.57 Å². The number of carbonyl (C=O) groups is 4. The highest BCUT2D eigenvalue weighted by Crippen LogP contribution is 2.33. The Morgan fingerprint density at radius 2 is 1.56 bits per heavy atom. The monoisotopic (exact) mass is 566 g/mol. The molecule has 3 aromatic carbocycles. The summed E-state index contributed by atoms with van der Waals surface area (Å²) in [7, 11) is 0. The van der Waals surface area contributed by atoms with E-state index in [1.165, 1.54) is 12.1 Å². The number of hydrogen-bond acceptors (Lipinski definition) is 4. The lowest BCUT2D eigenvalue weighted by Gasteiger charge is -2.21. The number of allylic oxidation sites excluding steroid dienone is 1. The van der Waals surface area contributed by atoms with Gasteiger partial charge in [0.05, 0.1) is 21.2 Å². The van der Waals surface area contributed by atoms with Gasteiger partial charge in [-0.2, -0.15) is 0 Å². The van der Waals surface area contributed by atoms with E-state index in [4.69, 9.17) is 23.2 Å². The summed E-state index contributed by atoms with van der Waals surface area (Å²) in [5.74, 6) is -3.29. The molecule has 1 atom stereocenters. The molecule has 0 spiro atoms. The van der Waals surface area contributed by atoms with Crippen LogP contribution in [0.5, 0.6) is 0 Å². The number of anilines is 1. The van der Waals surface area contributed by atoms with E-state index in [-0.39, 0.29) is 27.6 Å². The number of halogens is 2. The summed E-state index contributed by atoms with van der Waals surface area (Å²) in [5, 5.41) is 24.8. The molecule has 2 amide bonds. The Bertz CT molecular complexity index is 1460. The van der Waals surface area contributed by atoms with Gasteiger partial charge in [-0.1, -0.05) is 53.5 Å². The van der Waals surface area contributed by atoms with Gasteiger partial charge in [0.1, 0.15) is 6.04 Å². The minimum atomic E-state index is -1.20. The number of rotatable bonds is 8. The van der Waals surface area contributed by atoms with Crippen LogP contribution in [-0.4, -0.2) is 40.0 Å². The quantitative estimate of drug-likeness (QED) is 0.267. The van der Waals surface area contributed by atoms with Crippen LogP contribution >= 0.6 is 23.2 Å². The summed E-state index contributed by atoms with van der Waals surface area (Å²) in [5.41, 5.74) is 3.46. The second-order valence-corrected chi connectivity index (χ2v) is 9.83. The SMILES string of the molecule is O=C(C=C1CCCc2c(C(=O)O)cccc21)N[C@@H](Cc1ccc(NC(=O)c2c(Cl)cccc2Cl)cc1)C(=O)O. The number of fused-ring (bicyclic) bond motifs is 1. The number of carboxylic acids is 2. The van der Waals surface area contributed by atoms with Gasteiger partial charge in [0.2, 0.25) is 5.91 Å². The lowest BCUT2D eigenvalue weighted by Crippen LogP contribution is -2.41. The molecule has 0 aliphatic heterocycles. The highest BCUT2D eigenvalue weighted by atomic mass is 35.5. The van der Waals surface area contributed by atoms with Crippen molar-refractivity contribution in [1.82, 2.24) is 5.32 Å². The van der Waals surface area contributed by atoms with E-state index < -0.39 is 29.8 Å². The number of carbonyl (C=O) groups excluding carboxylic acids is 2. The fourth-order valence-corrected chi connectivity index (χ4v) is 5.11. The second kappa shape index (κ2) is 12.1. The summed E-state index contributed by atoms with van der Waals surface area (Å²) in [6, 6.07) is 15.0. The molecule has 0 fully saturated rings. The van der Waals surface area contributed by atoms with Gasteiger partial charge in [-0.05, 0) is 71.9 Å². The van der Waals surface area contributed by atoms with Gasteiger partial charge in [-0.3, -0.25) is 9.59 Å². The van der Waals surface area contributed by atoms with Crippen LogP contribution in [0.3, 0.4) is 0 Å². The van der Waals surface area contributed by atoms with Crippen LogP contribution in [-0.2, 0) is 22.4 Å². The maximum absolute atomic E-state index is 12.8. The fourth-order valence-electron chi connectivity index (χ4n) is 4.54. The Hall–Kier alpha value is -4.14. The molecule has 1 aliphatic rings. The van der Waals surface area contributed by atoms with Crippen LogP contribution in [0.15, 0.2) is 66.7 Å². The smallest absolute Gasteiger partial charge is 0.335 e. The summed E-state index contributed by atoms with van der Waals surface area (Å²) >= 11 is 12.2. The molecule has 0 heterocycles. The number of benzene rings is 3. The first-order chi connectivity index (χ1) is 18.6. The van der Waals surface area contributed by atoms with E-state index in [1.807, 2.05) is 0 Å². The second-order valence-electron chi connectivity index (χ2n) is 9.01. The van der Waals surface area contributed by atoms with Gasteiger partial charge in [-0.15, -0.1) is 0 Å².